The Morgan fingerprint density at radius 3 is 2.91 bits per heavy atom. The van der Waals surface area contributed by atoms with E-state index in [4.69, 9.17) is 14.1 Å². The maximum atomic E-state index is 11.7. The number of hydroxylamine groups is 1. The number of benzene rings is 1. The molecule has 0 radical (unpaired) electrons. The van der Waals surface area contributed by atoms with Gasteiger partial charge in [0, 0.05) is 12.0 Å². The van der Waals surface area contributed by atoms with E-state index >= 15 is 0 Å². The summed E-state index contributed by atoms with van der Waals surface area (Å²) in [5.74, 6) is 1.48. The van der Waals surface area contributed by atoms with Crippen LogP contribution in [-0.4, -0.2) is 17.7 Å². The van der Waals surface area contributed by atoms with Crippen molar-refractivity contribution in [2.24, 2.45) is 0 Å². The molecule has 1 N–H and O–H groups in total. The highest BCUT2D eigenvalue weighted by Gasteiger charge is 2.19. The van der Waals surface area contributed by atoms with Crippen LogP contribution < -0.4 is 10.2 Å². The van der Waals surface area contributed by atoms with Gasteiger partial charge in [-0.2, -0.15) is 0 Å². The maximum absolute atomic E-state index is 11.7. The fourth-order valence-corrected chi connectivity index (χ4v) is 2.58. The quantitative estimate of drug-likeness (QED) is 0.795. The summed E-state index contributed by atoms with van der Waals surface area (Å²) >= 11 is 0. The number of carbonyl (C=O) groups is 1. The Balaban J connectivity index is 1.35. The van der Waals surface area contributed by atoms with Crippen molar-refractivity contribution < 1.29 is 18.9 Å². The van der Waals surface area contributed by atoms with Crippen molar-refractivity contribution in [2.75, 3.05) is 6.61 Å². The van der Waals surface area contributed by atoms with Crippen molar-refractivity contribution in [3.8, 4) is 5.75 Å². The highest BCUT2D eigenvalue weighted by atomic mass is 16.7. The minimum Gasteiger partial charge on any atom is -0.493 e. The van der Waals surface area contributed by atoms with Gasteiger partial charge in [-0.1, -0.05) is 23.4 Å². The van der Waals surface area contributed by atoms with Crippen LogP contribution >= 0.6 is 0 Å². The first-order valence-corrected chi connectivity index (χ1v) is 7.87. The monoisotopic (exact) mass is 316 g/mol. The molecule has 0 spiro atoms. The number of rotatable bonds is 7. The van der Waals surface area contributed by atoms with Crippen LogP contribution in [0.3, 0.4) is 0 Å². The Labute approximate surface area is 134 Å². The highest BCUT2D eigenvalue weighted by molar-refractivity contribution is 5.74. The zero-order valence-corrected chi connectivity index (χ0v) is 12.9. The van der Waals surface area contributed by atoms with Crippen LogP contribution in [0.25, 0.3) is 0 Å². The summed E-state index contributed by atoms with van der Waals surface area (Å²) in [6.45, 7) is 0.530. The van der Waals surface area contributed by atoms with Gasteiger partial charge in [0.05, 0.1) is 13.0 Å². The van der Waals surface area contributed by atoms with Crippen LogP contribution in [0, 0.1) is 0 Å². The van der Waals surface area contributed by atoms with E-state index in [0.29, 0.717) is 6.61 Å². The molecule has 6 nitrogen and oxygen atoms in total. The SMILES string of the molecule is O=C(CCOc1ccccc1)NOCc1noc2c1CCCC2. The second kappa shape index (κ2) is 7.78. The van der Waals surface area contributed by atoms with E-state index in [9.17, 15) is 4.79 Å². The summed E-state index contributed by atoms with van der Waals surface area (Å²) in [7, 11) is 0. The van der Waals surface area contributed by atoms with Crippen LogP contribution in [0.4, 0.5) is 0 Å². The zero-order valence-electron chi connectivity index (χ0n) is 12.9. The van der Waals surface area contributed by atoms with Crippen molar-refractivity contribution in [2.45, 2.75) is 38.7 Å². The van der Waals surface area contributed by atoms with Gasteiger partial charge < -0.3 is 9.26 Å². The van der Waals surface area contributed by atoms with E-state index in [1.165, 1.54) is 0 Å². The Morgan fingerprint density at radius 1 is 1.22 bits per heavy atom. The average Bonchev–Trinajstić information content (AvgIpc) is 2.99. The Hall–Kier alpha value is -2.34. The lowest BCUT2D eigenvalue weighted by Crippen LogP contribution is -2.25. The molecule has 23 heavy (non-hydrogen) atoms. The second-order valence-corrected chi connectivity index (χ2v) is 5.46. The number of nitrogens with one attached hydrogen (secondary N) is 1. The molecule has 0 saturated carbocycles. The molecular formula is C17H20N2O4. The van der Waals surface area contributed by atoms with Gasteiger partial charge in [0.25, 0.3) is 0 Å². The second-order valence-electron chi connectivity index (χ2n) is 5.46. The number of aryl methyl sites for hydroxylation is 1. The summed E-state index contributed by atoms with van der Waals surface area (Å²) in [6, 6.07) is 9.38. The first-order chi connectivity index (χ1) is 11.3. The molecule has 0 saturated heterocycles. The van der Waals surface area contributed by atoms with Crippen LogP contribution in [0.5, 0.6) is 5.75 Å². The molecule has 122 valence electrons. The van der Waals surface area contributed by atoms with Gasteiger partial charge in [-0.05, 0) is 31.4 Å². The lowest BCUT2D eigenvalue weighted by Gasteiger charge is -2.10. The van der Waals surface area contributed by atoms with E-state index < -0.39 is 0 Å². The Morgan fingerprint density at radius 2 is 2.04 bits per heavy atom. The van der Waals surface area contributed by atoms with E-state index in [-0.39, 0.29) is 18.9 Å². The highest BCUT2D eigenvalue weighted by Crippen LogP contribution is 2.24. The van der Waals surface area contributed by atoms with Gasteiger partial charge in [0.1, 0.15) is 23.8 Å². The van der Waals surface area contributed by atoms with Crippen molar-refractivity contribution in [3.05, 3.63) is 47.3 Å². The summed E-state index contributed by atoms with van der Waals surface area (Å²) in [5.41, 5.74) is 4.33. The smallest absolute Gasteiger partial charge is 0.246 e. The number of ether oxygens (including phenoxy) is 1. The maximum Gasteiger partial charge on any atom is 0.246 e. The first-order valence-electron chi connectivity index (χ1n) is 7.87. The average molecular weight is 316 g/mol. The molecule has 0 bridgehead atoms. The fraction of sp³-hybridized carbons (Fsp3) is 0.412. The standard InChI is InChI=1S/C17H20N2O4/c20-17(10-11-21-13-6-2-1-3-7-13)19-22-12-15-14-8-4-5-9-16(14)23-18-15/h1-3,6-7H,4-5,8-12H2,(H,19,20). The minimum atomic E-state index is -0.224. The van der Waals surface area contributed by atoms with Gasteiger partial charge in [-0.15, -0.1) is 0 Å². The van der Waals surface area contributed by atoms with Crippen molar-refractivity contribution in [3.63, 3.8) is 0 Å². The van der Waals surface area contributed by atoms with Gasteiger partial charge in [-0.3, -0.25) is 9.63 Å². The summed E-state index contributed by atoms with van der Waals surface area (Å²) in [6.07, 6.45) is 4.42. The number of hydrogen-bond donors (Lipinski definition) is 1. The van der Waals surface area contributed by atoms with E-state index in [2.05, 4.69) is 10.6 Å². The Bertz CT molecular complexity index is 639. The molecule has 1 aliphatic rings. The third-order valence-electron chi connectivity index (χ3n) is 3.77. The third-order valence-corrected chi connectivity index (χ3v) is 3.77. The topological polar surface area (TPSA) is 73.6 Å². The number of amides is 1. The predicted molar refractivity (Wildman–Crippen MR) is 82.6 cm³/mol. The van der Waals surface area contributed by atoms with Crippen LogP contribution in [-0.2, 0) is 29.1 Å². The molecule has 1 aromatic heterocycles. The third kappa shape index (κ3) is 4.32. The van der Waals surface area contributed by atoms with Gasteiger partial charge in [-0.25, -0.2) is 5.48 Å². The number of aromatic nitrogens is 1. The molecule has 0 aliphatic heterocycles. The molecule has 1 aromatic carbocycles. The van der Waals surface area contributed by atoms with Crippen LogP contribution in [0.15, 0.2) is 34.9 Å². The van der Waals surface area contributed by atoms with E-state index in [1.54, 1.807) is 0 Å². The summed E-state index contributed by atoms with van der Waals surface area (Å²) in [4.78, 5) is 16.9. The van der Waals surface area contributed by atoms with Crippen molar-refractivity contribution in [1.29, 1.82) is 0 Å². The summed E-state index contributed by atoms with van der Waals surface area (Å²) in [5, 5.41) is 4.02. The molecule has 0 atom stereocenters. The summed E-state index contributed by atoms with van der Waals surface area (Å²) < 4.78 is 10.8. The number of carbonyl (C=O) groups excluding carboxylic acids is 1. The minimum absolute atomic E-state index is 0.224. The molecule has 2 aromatic rings. The lowest BCUT2D eigenvalue weighted by atomic mass is 9.97. The van der Waals surface area contributed by atoms with Crippen LogP contribution in [0.2, 0.25) is 0 Å². The zero-order chi connectivity index (χ0) is 15.9. The number of fused-ring (bicyclic) bond motifs is 1. The van der Waals surface area contributed by atoms with Crippen molar-refractivity contribution >= 4 is 5.91 Å². The molecule has 1 aliphatic carbocycles. The molecular weight excluding hydrogens is 296 g/mol. The molecule has 0 unspecified atom stereocenters. The Kier molecular flexibility index (Phi) is 5.26. The van der Waals surface area contributed by atoms with Gasteiger partial charge >= 0.3 is 0 Å². The van der Waals surface area contributed by atoms with Gasteiger partial charge in [0.15, 0.2) is 0 Å². The number of nitrogens with zero attached hydrogens (tertiary/aromatic N) is 1. The normalized spacial score (nSPS) is 13.4. The lowest BCUT2D eigenvalue weighted by molar-refractivity contribution is -0.135. The molecule has 6 heteroatoms. The molecule has 3 rings (SSSR count). The van der Waals surface area contributed by atoms with E-state index in [1.807, 2.05) is 30.3 Å². The number of para-hydroxylation sites is 1. The van der Waals surface area contributed by atoms with Gasteiger partial charge in [0.2, 0.25) is 5.91 Å². The predicted octanol–water partition coefficient (Wildman–Crippen LogP) is 2.57. The first kappa shape index (κ1) is 15.6. The van der Waals surface area contributed by atoms with Crippen molar-refractivity contribution in [1.82, 2.24) is 10.6 Å². The largest absolute Gasteiger partial charge is 0.493 e. The molecule has 1 amide bonds. The van der Waals surface area contributed by atoms with E-state index in [0.717, 1.165) is 48.5 Å². The fourth-order valence-electron chi connectivity index (χ4n) is 2.58. The van der Waals surface area contributed by atoms with Crippen LogP contribution in [0.1, 0.15) is 36.3 Å². The molecule has 1 heterocycles. The molecule has 0 fully saturated rings. The number of hydrogen-bond acceptors (Lipinski definition) is 5.